The zero-order valence-electron chi connectivity index (χ0n) is 11.5. The topological polar surface area (TPSA) is 53.1 Å². The lowest BCUT2D eigenvalue weighted by Crippen LogP contribution is -2.40. The molecule has 1 unspecified atom stereocenters. The first-order valence-corrected chi connectivity index (χ1v) is 7.42. The lowest BCUT2D eigenvalue weighted by atomic mass is 9.96. The first-order valence-electron chi connectivity index (χ1n) is 7.04. The van der Waals surface area contributed by atoms with Crippen molar-refractivity contribution >= 4 is 23.1 Å². The van der Waals surface area contributed by atoms with Crippen LogP contribution in [0.15, 0.2) is 18.2 Å². The second-order valence-electron chi connectivity index (χ2n) is 5.21. The Hall–Kier alpha value is -1.22. The van der Waals surface area contributed by atoms with E-state index in [1.54, 1.807) is 6.07 Å². The summed E-state index contributed by atoms with van der Waals surface area (Å²) in [6, 6.07) is 6.17. The number of nitrogen functional groups attached to an aromatic ring is 1. The summed E-state index contributed by atoms with van der Waals surface area (Å²) in [4.78, 5) is 2.40. The fourth-order valence-corrected chi connectivity index (χ4v) is 3.09. The van der Waals surface area contributed by atoms with Crippen molar-refractivity contribution in [3.8, 4) is 0 Å². The highest BCUT2D eigenvalue weighted by Gasteiger charge is 2.24. The SMILES string of the molecule is CCCC1CCCCN1c1cc(Cl)ccc1C(=N)N. The monoisotopic (exact) mass is 279 g/mol. The van der Waals surface area contributed by atoms with Gasteiger partial charge in [0.15, 0.2) is 0 Å². The maximum Gasteiger partial charge on any atom is 0.124 e. The first-order chi connectivity index (χ1) is 9.13. The molecule has 4 heteroatoms. The Morgan fingerprint density at radius 1 is 1.47 bits per heavy atom. The Balaban J connectivity index is 2.37. The lowest BCUT2D eigenvalue weighted by Gasteiger charge is -2.38. The van der Waals surface area contributed by atoms with Gasteiger partial charge in [-0.05, 0) is 43.9 Å². The van der Waals surface area contributed by atoms with Crippen LogP contribution >= 0.6 is 11.6 Å². The van der Waals surface area contributed by atoms with E-state index in [0.717, 1.165) is 17.8 Å². The maximum absolute atomic E-state index is 7.74. The number of anilines is 1. The second-order valence-corrected chi connectivity index (χ2v) is 5.64. The molecule has 3 nitrogen and oxygen atoms in total. The summed E-state index contributed by atoms with van der Waals surface area (Å²) in [5.41, 5.74) is 7.53. The van der Waals surface area contributed by atoms with Gasteiger partial charge in [-0.15, -0.1) is 0 Å². The average Bonchev–Trinajstić information content (AvgIpc) is 2.39. The Kier molecular flexibility index (Phi) is 4.70. The summed E-state index contributed by atoms with van der Waals surface area (Å²) in [6.45, 7) is 3.25. The van der Waals surface area contributed by atoms with Crippen LogP contribution in [0, 0.1) is 5.41 Å². The molecule has 1 aromatic rings. The van der Waals surface area contributed by atoms with Crippen molar-refractivity contribution in [2.24, 2.45) is 5.73 Å². The average molecular weight is 280 g/mol. The number of nitrogens with two attached hydrogens (primary N) is 1. The van der Waals surface area contributed by atoms with Crippen LogP contribution in [0.2, 0.25) is 5.02 Å². The van der Waals surface area contributed by atoms with Crippen LogP contribution in [0.1, 0.15) is 44.6 Å². The van der Waals surface area contributed by atoms with E-state index < -0.39 is 0 Å². The van der Waals surface area contributed by atoms with E-state index in [9.17, 15) is 0 Å². The Morgan fingerprint density at radius 2 is 2.26 bits per heavy atom. The quantitative estimate of drug-likeness (QED) is 0.651. The van der Waals surface area contributed by atoms with E-state index in [-0.39, 0.29) is 5.84 Å². The fourth-order valence-electron chi connectivity index (χ4n) is 2.92. The highest BCUT2D eigenvalue weighted by Crippen LogP contribution is 2.31. The van der Waals surface area contributed by atoms with Gasteiger partial charge in [-0.1, -0.05) is 24.9 Å². The number of benzene rings is 1. The van der Waals surface area contributed by atoms with Gasteiger partial charge in [-0.25, -0.2) is 0 Å². The van der Waals surface area contributed by atoms with Gasteiger partial charge in [-0.2, -0.15) is 0 Å². The number of piperidine rings is 1. The number of hydrogen-bond acceptors (Lipinski definition) is 2. The van der Waals surface area contributed by atoms with Gasteiger partial charge in [-0.3, -0.25) is 5.41 Å². The normalized spacial score (nSPS) is 19.5. The van der Waals surface area contributed by atoms with Crippen LogP contribution in [-0.2, 0) is 0 Å². The van der Waals surface area contributed by atoms with Gasteiger partial charge in [0.1, 0.15) is 5.84 Å². The Labute approximate surface area is 120 Å². The van der Waals surface area contributed by atoms with E-state index in [4.69, 9.17) is 22.7 Å². The van der Waals surface area contributed by atoms with E-state index in [1.807, 2.05) is 12.1 Å². The lowest BCUT2D eigenvalue weighted by molar-refractivity contribution is 0.434. The molecule has 1 aliphatic rings. The van der Waals surface area contributed by atoms with Gasteiger partial charge in [0.05, 0.1) is 0 Å². The second kappa shape index (κ2) is 6.29. The van der Waals surface area contributed by atoms with E-state index >= 15 is 0 Å². The van der Waals surface area contributed by atoms with Gasteiger partial charge >= 0.3 is 0 Å². The molecule has 104 valence electrons. The molecule has 1 heterocycles. The van der Waals surface area contributed by atoms with Gasteiger partial charge < -0.3 is 10.6 Å². The van der Waals surface area contributed by atoms with Crippen LogP contribution in [0.25, 0.3) is 0 Å². The third-order valence-corrected chi connectivity index (χ3v) is 4.04. The number of rotatable bonds is 4. The number of hydrogen-bond donors (Lipinski definition) is 2. The van der Waals surface area contributed by atoms with Crippen molar-refractivity contribution in [3.05, 3.63) is 28.8 Å². The predicted octanol–water partition coefficient (Wildman–Crippen LogP) is 3.78. The maximum atomic E-state index is 7.74. The largest absolute Gasteiger partial charge is 0.384 e. The smallest absolute Gasteiger partial charge is 0.124 e. The molecule has 0 amide bonds. The summed E-state index contributed by atoms with van der Waals surface area (Å²) in [7, 11) is 0. The molecule has 2 rings (SSSR count). The van der Waals surface area contributed by atoms with Crippen LogP contribution in [0.4, 0.5) is 5.69 Å². The van der Waals surface area contributed by atoms with Crippen molar-refractivity contribution in [1.29, 1.82) is 5.41 Å². The minimum absolute atomic E-state index is 0.118. The molecule has 0 aromatic heterocycles. The Bertz CT molecular complexity index is 457. The predicted molar refractivity (Wildman–Crippen MR) is 82.4 cm³/mol. The van der Waals surface area contributed by atoms with E-state index in [1.165, 1.54) is 32.1 Å². The molecule has 19 heavy (non-hydrogen) atoms. The van der Waals surface area contributed by atoms with Crippen LogP contribution in [-0.4, -0.2) is 18.4 Å². The molecule has 1 atom stereocenters. The van der Waals surface area contributed by atoms with Crippen molar-refractivity contribution in [3.63, 3.8) is 0 Å². The fraction of sp³-hybridized carbons (Fsp3) is 0.533. The van der Waals surface area contributed by atoms with E-state index in [0.29, 0.717) is 11.1 Å². The molecule has 1 saturated heterocycles. The van der Waals surface area contributed by atoms with Crippen LogP contribution < -0.4 is 10.6 Å². The van der Waals surface area contributed by atoms with Crippen molar-refractivity contribution < 1.29 is 0 Å². The van der Waals surface area contributed by atoms with E-state index in [2.05, 4.69) is 11.8 Å². The highest BCUT2D eigenvalue weighted by molar-refractivity contribution is 6.31. The molecular formula is C15H22ClN3. The molecule has 1 aliphatic heterocycles. The third kappa shape index (κ3) is 3.21. The summed E-state index contributed by atoms with van der Waals surface area (Å²) < 4.78 is 0. The zero-order valence-corrected chi connectivity index (χ0v) is 12.2. The number of nitrogens with zero attached hydrogens (tertiary/aromatic N) is 1. The number of amidine groups is 1. The zero-order chi connectivity index (χ0) is 13.8. The summed E-state index contributed by atoms with van der Waals surface area (Å²) in [6.07, 6.45) is 6.07. The minimum Gasteiger partial charge on any atom is -0.384 e. The van der Waals surface area contributed by atoms with Crippen LogP contribution in [0.5, 0.6) is 0 Å². The van der Waals surface area contributed by atoms with Crippen molar-refractivity contribution in [2.75, 3.05) is 11.4 Å². The number of halogens is 1. The molecule has 0 radical (unpaired) electrons. The molecule has 1 fully saturated rings. The summed E-state index contributed by atoms with van der Waals surface area (Å²) in [5.74, 6) is 0.118. The van der Waals surface area contributed by atoms with Gasteiger partial charge in [0.2, 0.25) is 0 Å². The third-order valence-electron chi connectivity index (χ3n) is 3.81. The van der Waals surface area contributed by atoms with Crippen LogP contribution in [0.3, 0.4) is 0 Å². The standard InChI is InChI=1S/C15H22ClN3/c1-2-5-12-6-3-4-9-19(12)14-10-11(16)7-8-13(14)15(17)18/h7-8,10,12H,2-6,9H2,1H3,(H3,17,18). The van der Waals surface area contributed by atoms with Crippen molar-refractivity contribution in [2.45, 2.75) is 45.1 Å². The number of nitrogens with one attached hydrogen (secondary N) is 1. The summed E-state index contributed by atoms with van der Waals surface area (Å²) in [5, 5.41) is 8.45. The molecule has 1 aromatic carbocycles. The minimum atomic E-state index is 0.118. The molecule has 0 saturated carbocycles. The Morgan fingerprint density at radius 3 is 2.95 bits per heavy atom. The van der Waals surface area contributed by atoms with Gasteiger partial charge in [0.25, 0.3) is 0 Å². The molecule has 3 N–H and O–H groups in total. The molecule has 0 aliphatic carbocycles. The van der Waals surface area contributed by atoms with Crippen molar-refractivity contribution in [1.82, 2.24) is 0 Å². The highest BCUT2D eigenvalue weighted by atomic mass is 35.5. The van der Waals surface area contributed by atoms with Gasteiger partial charge in [0, 0.05) is 28.9 Å². The molecule has 0 spiro atoms. The molecular weight excluding hydrogens is 258 g/mol. The summed E-state index contributed by atoms with van der Waals surface area (Å²) >= 11 is 6.13. The molecule has 0 bridgehead atoms. The first kappa shape index (κ1) is 14.2.